The molecule has 21 N–H and O–H groups in total. The molecule has 0 aliphatic heterocycles. The van der Waals surface area contributed by atoms with E-state index in [0.717, 1.165) is 5.69 Å². The van der Waals surface area contributed by atoms with E-state index in [9.17, 15) is 43.5 Å². The number of carbonyl (C=O) groups excluding carboxylic acids is 8. The molecule has 27 nitrogen and oxygen atoms in total. The smallest absolute Gasteiger partial charge is 0.240 e. The van der Waals surface area contributed by atoms with Crippen LogP contribution in [0.25, 0.3) is 0 Å². The molecule has 1 aromatic carbocycles. The Morgan fingerprint density at radius 2 is 0.962 bits per heavy atom. The van der Waals surface area contributed by atoms with E-state index in [1.807, 2.05) is 13.8 Å². The highest BCUT2D eigenvalue weighted by Gasteiger charge is 2.35. The highest BCUT2D eigenvalue weighted by atomic mass is 16.3. The van der Waals surface area contributed by atoms with Gasteiger partial charge in [0.2, 0.25) is 29.5 Å². The number of imidazole rings is 2. The summed E-state index contributed by atoms with van der Waals surface area (Å²) in [6, 6.07) is 1.52. The molecule has 3 aromatic rings. The maximum Gasteiger partial charge on any atom is 0.240 e. The van der Waals surface area contributed by atoms with Crippen LogP contribution in [0.1, 0.15) is 109 Å². The number of hydrogen-bond donors (Lipinski definition) is 14. The maximum atomic E-state index is 14.7. The van der Waals surface area contributed by atoms with Gasteiger partial charge in [-0.05, 0) is 81.9 Å². The molecule has 3 rings (SSSR count). The number of aromatic nitrogens is 4. The second-order valence-electron chi connectivity index (χ2n) is 20.2. The lowest BCUT2D eigenvalue weighted by atomic mass is 9.88. The van der Waals surface area contributed by atoms with Gasteiger partial charge < -0.3 is 76.5 Å². The summed E-state index contributed by atoms with van der Waals surface area (Å²) in [6.07, 6.45) is 5.98. The van der Waals surface area contributed by atoms with E-state index in [1.165, 1.54) is 37.9 Å². The van der Waals surface area contributed by atoms with E-state index in [4.69, 9.17) is 40.1 Å². The number of amides is 5. The molecule has 0 aliphatic carbocycles. The predicted molar refractivity (Wildman–Crippen MR) is 297 cm³/mol. The van der Waals surface area contributed by atoms with E-state index < -0.39 is 108 Å². The molecule has 0 aliphatic rings. The fraction of sp³-hybridized carbons (Fsp3) is 0.558. The van der Waals surface area contributed by atoms with Crippen LogP contribution in [-0.2, 0) is 57.6 Å². The molecule has 0 spiro atoms. The Labute approximate surface area is 459 Å². The lowest BCUT2D eigenvalue weighted by Crippen LogP contribution is -2.49. The molecule has 5 amide bonds. The molecule has 0 fully saturated rings. The first-order chi connectivity index (χ1) is 37.4. The van der Waals surface area contributed by atoms with Crippen molar-refractivity contribution in [1.29, 1.82) is 0 Å². The number of primary amides is 1. The van der Waals surface area contributed by atoms with Gasteiger partial charge in [0.25, 0.3) is 0 Å². The molecule has 27 heteroatoms. The van der Waals surface area contributed by atoms with Crippen LogP contribution in [-0.4, -0.2) is 134 Å². The fourth-order valence-corrected chi connectivity index (χ4v) is 8.63. The molecule has 2 aromatic heterocycles. The Hall–Kier alpha value is -8.39. The summed E-state index contributed by atoms with van der Waals surface area (Å²) in [5, 5.41) is 21.1. The zero-order valence-electron chi connectivity index (χ0n) is 45.6. The zero-order valence-corrected chi connectivity index (χ0v) is 45.6. The van der Waals surface area contributed by atoms with E-state index >= 15 is 0 Å². The summed E-state index contributed by atoms with van der Waals surface area (Å²) < 4.78 is 0. The van der Waals surface area contributed by atoms with Gasteiger partial charge in [0.15, 0.2) is 35.2 Å². The number of phenols is 1. The number of aromatic amines is 2. The van der Waals surface area contributed by atoms with Gasteiger partial charge in [-0.15, -0.1) is 0 Å². The zero-order chi connectivity index (χ0) is 58.6. The molecule has 434 valence electrons. The minimum atomic E-state index is -1.26. The van der Waals surface area contributed by atoms with Gasteiger partial charge in [0, 0.05) is 93.3 Å². The fourth-order valence-electron chi connectivity index (χ4n) is 8.63. The largest absolute Gasteiger partial charge is 0.508 e. The van der Waals surface area contributed by atoms with Crippen molar-refractivity contribution in [2.75, 3.05) is 19.6 Å². The van der Waals surface area contributed by atoms with E-state index in [-0.39, 0.29) is 113 Å². The summed E-state index contributed by atoms with van der Waals surface area (Å²) in [4.78, 5) is 138. The van der Waals surface area contributed by atoms with E-state index in [2.05, 4.69) is 56.2 Å². The molecule has 0 radical (unpaired) electrons. The molecule has 0 saturated heterocycles. The van der Waals surface area contributed by atoms with Crippen LogP contribution < -0.4 is 61.4 Å². The van der Waals surface area contributed by atoms with E-state index in [0.29, 0.717) is 17.7 Å². The molecule has 79 heavy (non-hydrogen) atoms. The molecular weight excluding hydrogens is 1020 g/mol. The Bertz CT molecular complexity index is 2520. The summed E-state index contributed by atoms with van der Waals surface area (Å²) >= 11 is 0. The third-order valence-electron chi connectivity index (χ3n) is 12.9. The van der Waals surface area contributed by atoms with Crippen LogP contribution in [0.15, 0.2) is 64.3 Å². The van der Waals surface area contributed by atoms with Crippen molar-refractivity contribution < 1.29 is 43.5 Å². The standard InChI is InChI=1S/C52H82N18O9/c1-29(2)18-41(45(53)75)70-47(77)33(8-5-15-62-50(54)55)22-43(73)39(9-6-16-63-51(56)57)69-49(79)35(21-37-26-61-28-66-37)24-44(74)40(10-7-17-64-52(58)59)68-48(78)34(20-32-11-13-38(71)14-12-32)23-42(72)31(4)67-46(76)30(3)19-36-25-60-27-65-36/h11-14,25-31,33-35,39-41,71H,5-10,15-24H2,1-4H3,(H2,53,75)(H,60,65)(H,61,66)(H,67,76)(H,68,78)(H,69,79)(H,70,77)(H4,54,55,62)(H4,56,57,63)(H4,58,59,64)/t30-,31-,33+,34+,35+,39-,40-,41-/m0/s1. The number of nitrogens with one attached hydrogen (secondary N) is 6. The van der Waals surface area contributed by atoms with Crippen LogP contribution in [0, 0.1) is 29.6 Å². The van der Waals surface area contributed by atoms with Crippen molar-refractivity contribution in [2.45, 2.75) is 135 Å². The van der Waals surface area contributed by atoms with Crippen LogP contribution >= 0.6 is 0 Å². The maximum absolute atomic E-state index is 14.7. The number of carbonyl (C=O) groups is 8. The van der Waals surface area contributed by atoms with Gasteiger partial charge in [-0.25, -0.2) is 9.97 Å². The minimum absolute atomic E-state index is 0.00278. The molecule has 0 bridgehead atoms. The topological polar surface area (TPSA) is 481 Å². The van der Waals surface area contributed by atoms with Crippen molar-refractivity contribution in [3.05, 3.63) is 66.3 Å². The summed E-state index contributed by atoms with van der Waals surface area (Å²) in [5.41, 5.74) is 40.8. The number of guanidine groups is 3. The molecule has 0 unspecified atom stereocenters. The summed E-state index contributed by atoms with van der Waals surface area (Å²) in [6.45, 7) is 7.21. The van der Waals surface area contributed by atoms with Gasteiger partial charge in [-0.3, -0.25) is 53.3 Å². The Kier molecular flexibility index (Phi) is 27.7. The number of H-pyrrole nitrogens is 2. The van der Waals surface area contributed by atoms with E-state index in [1.54, 1.807) is 25.3 Å². The SMILES string of the molecule is CC(C)C[C@H](NC(=O)[C@H](CCCN=C(N)N)CC(=O)[C@H](CCCN=C(N)N)NC(=O)[C@@H](CC(=O)[C@H](CCCN=C(N)N)NC(=O)[C@@H](CC(=O)[C@H](C)NC(=O)[C@@H](C)Cc1cnc[nH]1)Cc1ccc(O)cc1)Cc1cnc[nH]1)C(N)=O. The average molecular weight is 1100 g/mol. The average Bonchev–Trinajstić information content (AvgIpc) is 4.11. The van der Waals surface area contributed by atoms with Crippen molar-refractivity contribution in [2.24, 2.45) is 84.7 Å². The number of aliphatic imine (C=N–C) groups is 3. The number of nitrogens with two attached hydrogens (primary N) is 7. The van der Waals surface area contributed by atoms with Gasteiger partial charge in [0.1, 0.15) is 11.8 Å². The van der Waals surface area contributed by atoms with Crippen molar-refractivity contribution in [3.8, 4) is 5.75 Å². The molecule has 8 atom stereocenters. The minimum Gasteiger partial charge on any atom is -0.508 e. The first-order valence-corrected chi connectivity index (χ1v) is 26.4. The molecule has 0 saturated carbocycles. The number of rotatable bonds is 38. The van der Waals surface area contributed by atoms with Crippen molar-refractivity contribution >= 4 is 64.8 Å². The van der Waals surface area contributed by atoms with Gasteiger partial charge in [-0.2, -0.15) is 0 Å². The van der Waals surface area contributed by atoms with Crippen LogP contribution in [0.5, 0.6) is 5.75 Å². The van der Waals surface area contributed by atoms with Crippen molar-refractivity contribution in [1.82, 2.24) is 41.2 Å². The lowest BCUT2D eigenvalue weighted by Gasteiger charge is -2.26. The summed E-state index contributed by atoms with van der Waals surface area (Å²) in [7, 11) is 0. The molecule has 2 heterocycles. The van der Waals surface area contributed by atoms with Crippen LogP contribution in [0.4, 0.5) is 0 Å². The van der Waals surface area contributed by atoms with Crippen molar-refractivity contribution in [3.63, 3.8) is 0 Å². The number of benzene rings is 1. The highest BCUT2D eigenvalue weighted by molar-refractivity contribution is 5.97. The highest BCUT2D eigenvalue weighted by Crippen LogP contribution is 2.22. The number of Topliss-reactive ketones (excluding diaryl/α,β-unsaturated/α-hetero) is 3. The Morgan fingerprint density at radius 1 is 0.532 bits per heavy atom. The third kappa shape index (κ3) is 25.1. The number of phenolic OH excluding ortho intramolecular Hbond substituents is 1. The van der Waals surface area contributed by atoms with Gasteiger partial charge >= 0.3 is 0 Å². The summed E-state index contributed by atoms with van der Waals surface area (Å²) in [5.74, 6) is -9.20. The number of hydrogen-bond acceptors (Lipinski definition) is 14. The Morgan fingerprint density at radius 3 is 1.42 bits per heavy atom. The monoisotopic (exact) mass is 1100 g/mol. The Balaban J connectivity index is 1.98. The normalized spacial score (nSPS) is 14.1. The van der Waals surface area contributed by atoms with Crippen LogP contribution in [0.2, 0.25) is 0 Å². The lowest BCUT2D eigenvalue weighted by molar-refractivity contribution is -0.136. The molecular formula is C52H82N18O9. The van der Waals surface area contributed by atoms with Gasteiger partial charge in [-0.1, -0.05) is 32.9 Å². The second kappa shape index (κ2) is 33.7. The van der Waals surface area contributed by atoms with Crippen LogP contribution in [0.3, 0.4) is 0 Å². The number of ketones is 3. The first kappa shape index (κ1) is 64.9. The number of aromatic hydroxyl groups is 1. The first-order valence-electron chi connectivity index (χ1n) is 26.4. The number of nitrogens with zero attached hydrogens (tertiary/aromatic N) is 5. The predicted octanol–water partition coefficient (Wildman–Crippen LogP) is -1.12. The van der Waals surface area contributed by atoms with Gasteiger partial charge in [0.05, 0.1) is 36.7 Å². The second-order valence-corrected chi connectivity index (χ2v) is 20.2. The third-order valence-corrected chi connectivity index (χ3v) is 12.9. The quantitative estimate of drug-likeness (QED) is 0.0184.